The lowest BCUT2D eigenvalue weighted by Gasteiger charge is -2.40. The zero-order valence-electron chi connectivity index (χ0n) is 26.3. The van der Waals surface area contributed by atoms with Crippen molar-refractivity contribution in [3.8, 4) is 23.0 Å². The number of fused-ring (bicyclic) bond motifs is 3. The largest absolute Gasteiger partial charge is 0.497 e. The fourth-order valence-electron chi connectivity index (χ4n) is 6.75. The van der Waals surface area contributed by atoms with Crippen molar-refractivity contribution >= 4 is 5.97 Å². The van der Waals surface area contributed by atoms with E-state index in [1.54, 1.807) is 43.5 Å². The molecule has 1 aliphatic heterocycles. The standard InChI is InChI=1S/C35H43NO8/c1-33(2,3)36-18-10-11-19-43-25-20-26(41-5)30-27(21-25)44-35(23-14-16-24(40-4)17-15-23)29(22-12-8-7-9-13-22)28(32(38)42-6)31(37)34(30,35)39/h7-9,12-17,20-21,28-29,31,36-37,39H,10-11,18-19H2,1-6H3/t28-,29-,31-,34+,35+/m1/s1. The van der Waals surface area contributed by atoms with Gasteiger partial charge in [0.15, 0.2) is 11.2 Å². The van der Waals surface area contributed by atoms with Crippen molar-refractivity contribution in [1.29, 1.82) is 0 Å². The number of carbonyl (C=O) groups is 1. The molecule has 0 aromatic heterocycles. The second kappa shape index (κ2) is 12.3. The summed E-state index contributed by atoms with van der Waals surface area (Å²) < 4.78 is 29.4. The molecule has 0 bridgehead atoms. The first-order valence-electron chi connectivity index (χ1n) is 15.0. The lowest BCUT2D eigenvalue weighted by Crippen LogP contribution is -2.52. The van der Waals surface area contributed by atoms with E-state index in [2.05, 4.69) is 26.1 Å². The Morgan fingerprint density at radius 1 is 0.955 bits per heavy atom. The summed E-state index contributed by atoms with van der Waals surface area (Å²) in [4.78, 5) is 13.4. The molecule has 1 fully saturated rings. The second-order valence-corrected chi connectivity index (χ2v) is 12.4. The van der Waals surface area contributed by atoms with E-state index in [0.29, 0.717) is 35.0 Å². The van der Waals surface area contributed by atoms with Gasteiger partial charge in [-0.3, -0.25) is 4.79 Å². The van der Waals surface area contributed by atoms with Crippen molar-refractivity contribution in [2.45, 2.75) is 62.4 Å². The predicted molar refractivity (Wildman–Crippen MR) is 165 cm³/mol. The zero-order valence-corrected chi connectivity index (χ0v) is 26.3. The Hall–Kier alpha value is -3.79. The van der Waals surface area contributed by atoms with Crippen LogP contribution in [0, 0.1) is 5.92 Å². The first-order chi connectivity index (χ1) is 21.0. The summed E-state index contributed by atoms with van der Waals surface area (Å²) in [6, 6.07) is 19.8. The van der Waals surface area contributed by atoms with Crippen LogP contribution in [0.25, 0.3) is 0 Å². The van der Waals surface area contributed by atoms with Crippen LogP contribution in [0.5, 0.6) is 23.0 Å². The van der Waals surface area contributed by atoms with Gasteiger partial charge >= 0.3 is 5.97 Å². The number of hydrogen-bond acceptors (Lipinski definition) is 9. The topological polar surface area (TPSA) is 116 Å². The van der Waals surface area contributed by atoms with E-state index in [0.717, 1.165) is 19.4 Å². The van der Waals surface area contributed by atoms with Crippen LogP contribution in [0.3, 0.4) is 0 Å². The van der Waals surface area contributed by atoms with Crippen molar-refractivity contribution in [2.75, 3.05) is 34.5 Å². The maximum absolute atomic E-state index is 13.4. The summed E-state index contributed by atoms with van der Waals surface area (Å²) in [7, 11) is 4.33. The van der Waals surface area contributed by atoms with Gasteiger partial charge in [0, 0.05) is 23.6 Å². The summed E-state index contributed by atoms with van der Waals surface area (Å²) >= 11 is 0. The number of unbranched alkanes of at least 4 members (excludes halogenated alkanes) is 1. The molecule has 5 atom stereocenters. The van der Waals surface area contributed by atoms with Gasteiger partial charge in [0.2, 0.25) is 0 Å². The van der Waals surface area contributed by atoms with Gasteiger partial charge in [0.05, 0.1) is 39.4 Å². The van der Waals surface area contributed by atoms with Gasteiger partial charge < -0.3 is 39.2 Å². The van der Waals surface area contributed by atoms with Crippen molar-refractivity contribution in [1.82, 2.24) is 5.32 Å². The SMILES string of the molecule is COC(=O)[C@H]1[C@@H](O)[C@@]2(O)c3c(OC)cc(OCCCCNC(C)(C)C)cc3O[C@@]2(c2ccc(OC)cc2)[C@@H]1c1ccccc1. The number of aliphatic hydroxyl groups excluding tert-OH is 1. The third-order valence-corrected chi connectivity index (χ3v) is 8.69. The van der Waals surface area contributed by atoms with Gasteiger partial charge in [-0.25, -0.2) is 0 Å². The molecule has 0 saturated heterocycles. The molecule has 3 aromatic carbocycles. The highest BCUT2D eigenvalue weighted by atomic mass is 16.6. The molecule has 236 valence electrons. The molecular weight excluding hydrogens is 562 g/mol. The molecule has 9 nitrogen and oxygen atoms in total. The number of rotatable bonds is 11. The minimum atomic E-state index is -2.11. The van der Waals surface area contributed by atoms with Gasteiger partial charge in [-0.2, -0.15) is 0 Å². The van der Waals surface area contributed by atoms with E-state index in [1.165, 1.54) is 14.2 Å². The van der Waals surface area contributed by atoms with Crippen LogP contribution in [0.1, 0.15) is 56.2 Å². The lowest BCUT2D eigenvalue weighted by atomic mass is 9.70. The number of ether oxygens (including phenoxy) is 5. The molecule has 2 aliphatic rings. The number of benzene rings is 3. The van der Waals surface area contributed by atoms with Crippen LogP contribution in [0.4, 0.5) is 0 Å². The van der Waals surface area contributed by atoms with E-state index in [1.807, 2.05) is 30.3 Å². The van der Waals surface area contributed by atoms with Crippen LogP contribution < -0.4 is 24.3 Å². The fourth-order valence-corrected chi connectivity index (χ4v) is 6.75. The summed E-state index contributed by atoms with van der Waals surface area (Å²) in [6.45, 7) is 7.75. The summed E-state index contributed by atoms with van der Waals surface area (Å²) in [5, 5.41) is 28.5. The quantitative estimate of drug-likeness (QED) is 0.212. The van der Waals surface area contributed by atoms with E-state index < -0.39 is 35.1 Å². The summed E-state index contributed by atoms with van der Waals surface area (Å²) in [5.74, 6) is -0.975. The van der Waals surface area contributed by atoms with Gasteiger partial charge in [-0.15, -0.1) is 0 Å². The number of hydrogen-bond donors (Lipinski definition) is 3. The normalized spacial score (nSPS) is 25.5. The number of carbonyl (C=O) groups excluding carboxylic acids is 1. The van der Waals surface area contributed by atoms with Crippen molar-refractivity contribution < 1.29 is 38.7 Å². The molecule has 1 aliphatic carbocycles. The highest BCUT2D eigenvalue weighted by Crippen LogP contribution is 2.70. The number of esters is 1. The minimum Gasteiger partial charge on any atom is -0.497 e. The van der Waals surface area contributed by atoms with Crippen LogP contribution >= 0.6 is 0 Å². The highest BCUT2D eigenvalue weighted by molar-refractivity contribution is 5.78. The lowest BCUT2D eigenvalue weighted by molar-refractivity contribution is -0.161. The molecule has 3 aromatic rings. The molecule has 5 rings (SSSR count). The molecule has 0 unspecified atom stereocenters. The van der Waals surface area contributed by atoms with E-state index in [4.69, 9.17) is 23.7 Å². The second-order valence-electron chi connectivity index (χ2n) is 12.4. The van der Waals surface area contributed by atoms with Crippen molar-refractivity contribution in [2.24, 2.45) is 5.92 Å². The Morgan fingerprint density at radius 3 is 2.27 bits per heavy atom. The average Bonchev–Trinajstić information content (AvgIpc) is 3.40. The predicted octanol–water partition coefficient (Wildman–Crippen LogP) is 4.67. The van der Waals surface area contributed by atoms with Crippen LogP contribution in [0.15, 0.2) is 66.7 Å². The first-order valence-corrected chi connectivity index (χ1v) is 15.0. The van der Waals surface area contributed by atoms with Gasteiger partial charge in [0.25, 0.3) is 0 Å². The van der Waals surface area contributed by atoms with Gasteiger partial charge in [-0.05, 0) is 63.4 Å². The maximum atomic E-state index is 13.4. The molecule has 0 amide bonds. The molecule has 1 heterocycles. The first kappa shape index (κ1) is 31.6. The number of nitrogens with one attached hydrogen (secondary N) is 1. The highest BCUT2D eigenvalue weighted by Gasteiger charge is 2.78. The Balaban J connectivity index is 1.61. The third-order valence-electron chi connectivity index (χ3n) is 8.69. The number of aliphatic hydroxyl groups is 2. The monoisotopic (exact) mass is 605 g/mol. The summed E-state index contributed by atoms with van der Waals surface area (Å²) in [6.07, 6.45) is 0.161. The Morgan fingerprint density at radius 2 is 1.66 bits per heavy atom. The molecular formula is C35H43NO8. The van der Waals surface area contributed by atoms with E-state index >= 15 is 0 Å². The minimum absolute atomic E-state index is 0.0543. The fraction of sp³-hybridized carbons (Fsp3) is 0.457. The Bertz CT molecular complexity index is 1450. The molecule has 44 heavy (non-hydrogen) atoms. The zero-order chi connectivity index (χ0) is 31.7. The smallest absolute Gasteiger partial charge is 0.312 e. The molecule has 1 saturated carbocycles. The van der Waals surface area contributed by atoms with E-state index in [-0.39, 0.29) is 16.9 Å². The Kier molecular flexibility index (Phi) is 8.84. The van der Waals surface area contributed by atoms with Crippen LogP contribution in [-0.4, -0.2) is 62.3 Å². The third kappa shape index (κ3) is 5.27. The molecule has 0 radical (unpaired) electrons. The molecule has 0 spiro atoms. The van der Waals surface area contributed by atoms with E-state index in [9.17, 15) is 15.0 Å². The van der Waals surface area contributed by atoms with Gasteiger partial charge in [0.1, 0.15) is 29.1 Å². The summed E-state index contributed by atoms with van der Waals surface area (Å²) in [5.41, 5.74) is -2.21. The van der Waals surface area contributed by atoms with Crippen LogP contribution in [0.2, 0.25) is 0 Å². The average molecular weight is 606 g/mol. The number of methoxy groups -OCH3 is 3. The molecule has 9 heteroatoms. The van der Waals surface area contributed by atoms with Crippen molar-refractivity contribution in [3.05, 3.63) is 83.4 Å². The molecule has 3 N–H and O–H groups in total. The van der Waals surface area contributed by atoms with Crippen LogP contribution in [-0.2, 0) is 20.7 Å². The van der Waals surface area contributed by atoms with Crippen molar-refractivity contribution in [3.63, 3.8) is 0 Å². The maximum Gasteiger partial charge on any atom is 0.312 e. The van der Waals surface area contributed by atoms with Gasteiger partial charge in [-0.1, -0.05) is 42.5 Å². The Labute approximate surface area is 259 Å².